The second-order valence-corrected chi connectivity index (χ2v) is 5.52. The molecule has 0 bridgehead atoms. The van der Waals surface area contributed by atoms with Crippen LogP contribution in [-0.4, -0.2) is 24.7 Å². The predicted molar refractivity (Wildman–Crippen MR) is 74.5 cm³/mol. The number of rotatable bonds is 2. The Hall–Kier alpha value is -1.07. The van der Waals surface area contributed by atoms with E-state index in [0.717, 1.165) is 17.3 Å². The molecule has 2 rings (SSSR count). The average Bonchev–Trinajstić information content (AvgIpc) is 2.32. The lowest BCUT2D eigenvalue weighted by atomic mass is 10.0. The van der Waals surface area contributed by atoms with Crippen molar-refractivity contribution in [3.63, 3.8) is 0 Å². The van der Waals surface area contributed by atoms with Gasteiger partial charge in [-0.25, -0.2) is 0 Å². The summed E-state index contributed by atoms with van der Waals surface area (Å²) in [6, 6.07) is 5.46. The molecule has 98 valence electrons. The van der Waals surface area contributed by atoms with E-state index in [1.165, 1.54) is 0 Å². The lowest BCUT2D eigenvalue weighted by Crippen LogP contribution is -2.41. The van der Waals surface area contributed by atoms with Crippen molar-refractivity contribution < 1.29 is 9.53 Å². The minimum atomic E-state index is -0.118. The van der Waals surface area contributed by atoms with E-state index in [4.69, 9.17) is 10.5 Å². The Kier molecular flexibility index (Phi) is 4.24. The topological polar surface area (TPSA) is 64.4 Å². The Morgan fingerprint density at radius 2 is 2.33 bits per heavy atom. The molecular formula is C13H17BrN2O2. The van der Waals surface area contributed by atoms with Crippen molar-refractivity contribution in [3.05, 3.63) is 28.2 Å². The maximum absolute atomic E-state index is 12.1. The highest BCUT2D eigenvalue weighted by molar-refractivity contribution is 9.10. The number of nitrogens with one attached hydrogen (secondary N) is 1. The smallest absolute Gasteiger partial charge is 0.253 e. The number of hydrogen-bond acceptors (Lipinski definition) is 3. The minimum absolute atomic E-state index is 0.118. The van der Waals surface area contributed by atoms with E-state index in [1.807, 2.05) is 13.0 Å². The van der Waals surface area contributed by atoms with Gasteiger partial charge in [0, 0.05) is 22.8 Å². The van der Waals surface area contributed by atoms with Gasteiger partial charge in [-0.1, -0.05) is 15.9 Å². The van der Waals surface area contributed by atoms with Crippen molar-refractivity contribution in [3.8, 4) is 0 Å². The van der Waals surface area contributed by atoms with E-state index >= 15 is 0 Å². The molecule has 1 amide bonds. The minimum Gasteiger partial charge on any atom is -0.398 e. The Morgan fingerprint density at radius 3 is 3.06 bits per heavy atom. The van der Waals surface area contributed by atoms with Crippen LogP contribution >= 0.6 is 15.9 Å². The molecular weight excluding hydrogens is 296 g/mol. The molecule has 5 heteroatoms. The largest absolute Gasteiger partial charge is 0.398 e. The Morgan fingerprint density at radius 1 is 1.56 bits per heavy atom. The zero-order valence-electron chi connectivity index (χ0n) is 10.3. The van der Waals surface area contributed by atoms with E-state index in [-0.39, 0.29) is 18.1 Å². The summed E-state index contributed by atoms with van der Waals surface area (Å²) in [5.74, 6) is -0.118. The molecule has 1 aliphatic heterocycles. The van der Waals surface area contributed by atoms with Crippen LogP contribution in [0.25, 0.3) is 0 Å². The van der Waals surface area contributed by atoms with Gasteiger partial charge in [0.25, 0.3) is 5.91 Å². The number of nitrogen functional groups attached to an aromatic ring is 1. The van der Waals surface area contributed by atoms with Crippen LogP contribution in [0.2, 0.25) is 0 Å². The molecule has 1 saturated heterocycles. The summed E-state index contributed by atoms with van der Waals surface area (Å²) in [4.78, 5) is 12.1. The fourth-order valence-corrected chi connectivity index (χ4v) is 2.48. The first kappa shape index (κ1) is 13.4. The number of benzene rings is 1. The summed E-state index contributed by atoms with van der Waals surface area (Å²) in [7, 11) is 0. The van der Waals surface area contributed by atoms with Crippen LogP contribution in [-0.2, 0) is 4.74 Å². The third-order valence-electron chi connectivity index (χ3n) is 3.08. The Bertz CT molecular complexity index is 451. The first-order valence-electron chi connectivity index (χ1n) is 6.03. The number of halogens is 1. The molecule has 1 fully saturated rings. The summed E-state index contributed by atoms with van der Waals surface area (Å²) in [6.07, 6.45) is 1.90. The average molecular weight is 313 g/mol. The van der Waals surface area contributed by atoms with Gasteiger partial charge in [-0.15, -0.1) is 0 Å². The standard InChI is InChI=1S/C13H17BrN2O2/c1-8-6-10(4-5-18-8)16-13(17)11-7-9(14)2-3-12(11)15/h2-3,7-8,10H,4-6,15H2,1H3,(H,16,17). The molecule has 0 saturated carbocycles. The highest BCUT2D eigenvalue weighted by atomic mass is 79.9. The molecule has 0 aromatic heterocycles. The molecule has 2 unspecified atom stereocenters. The van der Waals surface area contributed by atoms with Crippen LogP contribution in [0.4, 0.5) is 5.69 Å². The third-order valence-corrected chi connectivity index (χ3v) is 3.57. The number of anilines is 1. The van der Waals surface area contributed by atoms with Crippen LogP contribution in [0.15, 0.2) is 22.7 Å². The molecule has 1 aromatic rings. The van der Waals surface area contributed by atoms with Gasteiger partial charge < -0.3 is 15.8 Å². The van der Waals surface area contributed by atoms with Gasteiger partial charge in [-0.2, -0.15) is 0 Å². The summed E-state index contributed by atoms with van der Waals surface area (Å²) in [5.41, 5.74) is 6.83. The van der Waals surface area contributed by atoms with Gasteiger partial charge in [0.1, 0.15) is 0 Å². The maximum Gasteiger partial charge on any atom is 0.253 e. The molecule has 0 aliphatic carbocycles. The van der Waals surface area contributed by atoms with Crippen molar-refractivity contribution in [2.75, 3.05) is 12.3 Å². The van der Waals surface area contributed by atoms with Crippen LogP contribution in [0.1, 0.15) is 30.1 Å². The number of hydrogen-bond donors (Lipinski definition) is 2. The van der Waals surface area contributed by atoms with E-state index in [2.05, 4.69) is 21.2 Å². The molecule has 3 N–H and O–H groups in total. The maximum atomic E-state index is 12.1. The van der Waals surface area contributed by atoms with Gasteiger partial charge in [-0.3, -0.25) is 4.79 Å². The highest BCUT2D eigenvalue weighted by Crippen LogP contribution is 2.19. The van der Waals surface area contributed by atoms with Gasteiger partial charge in [-0.05, 0) is 38.0 Å². The molecule has 1 aromatic carbocycles. The fourth-order valence-electron chi connectivity index (χ4n) is 2.12. The van der Waals surface area contributed by atoms with Gasteiger partial charge in [0.2, 0.25) is 0 Å². The monoisotopic (exact) mass is 312 g/mol. The van der Waals surface area contributed by atoms with E-state index in [1.54, 1.807) is 12.1 Å². The summed E-state index contributed by atoms with van der Waals surface area (Å²) >= 11 is 3.34. The Labute approximate surface area is 115 Å². The molecule has 2 atom stereocenters. The van der Waals surface area contributed by atoms with Gasteiger partial charge in [0.05, 0.1) is 11.7 Å². The van der Waals surface area contributed by atoms with Gasteiger partial charge >= 0.3 is 0 Å². The van der Waals surface area contributed by atoms with E-state index in [9.17, 15) is 4.79 Å². The lowest BCUT2D eigenvalue weighted by Gasteiger charge is -2.28. The van der Waals surface area contributed by atoms with Gasteiger partial charge in [0.15, 0.2) is 0 Å². The first-order valence-corrected chi connectivity index (χ1v) is 6.83. The number of ether oxygens (including phenoxy) is 1. The SMILES string of the molecule is CC1CC(NC(=O)c2cc(Br)ccc2N)CCO1. The molecule has 4 nitrogen and oxygen atoms in total. The quantitative estimate of drug-likeness (QED) is 0.824. The number of nitrogens with two attached hydrogens (primary N) is 1. The Balaban J connectivity index is 2.05. The second kappa shape index (κ2) is 5.71. The van der Waals surface area contributed by atoms with Crippen LogP contribution in [0.5, 0.6) is 0 Å². The van der Waals surface area contributed by atoms with E-state index in [0.29, 0.717) is 17.9 Å². The molecule has 0 spiro atoms. The number of carbonyl (C=O) groups is 1. The molecule has 18 heavy (non-hydrogen) atoms. The summed E-state index contributed by atoms with van der Waals surface area (Å²) in [6.45, 7) is 2.71. The fraction of sp³-hybridized carbons (Fsp3) is 0.462. The van der Waals surface area contributed by atoms with E-state index < -0.39 is 0 Å². The number of amides is 1. The number of carbonyl (C=O) groups excluding carboxylic acids is 1. The van der Waals surface area contributed by atoms with Crippen molar-refractivity contribution in [2.45, 2.75) is 31.9 Å². The summed E-state index contributed by atoms with van der Waals surface area (Å²) in [5, 5.41) is 3.01. The second-order valence-electron chi connectivity index (χ2n) is 4.61. The highest BCUT2D eigenvalue weighted by Gasteiger charge is 2.22. The predicted octanol–water partition coefficient (Wildman–Crippen LogP) is 2.33. The zero-order chi connectivity index (χ0) is 13.1. The van der Waals surface area contributed by atoms with Crippen molar-refractivity contribution in [2.24, 2.45) is 0 Å². The zero-order valence-corrected chi connectivity index (χ0v) is 11.9. The molecule has 1 aliphatic rings. The first-order chi connectivity index (χ1) is 8.56. The summed E-state index contributed by atoms with van der Waals surface area (Å²) < 4.78 is 6.30. The van der Waals surface area contributed by atoms with Crippen molar-refractivity contribution in [1.29, 1.82) is 0 Å². The van der Waals surface area contributed by atoms with Crippen molar-refractivity contribution in [1.82, 2.24) is 5.32 Å². The molecule has 1 heterocycles. The normalized spacial score (nSPS) is 23.7. The van der Waals surface area contributed by atoms with Crippen LogP contribution in [0.3, 0.4) is 0 Å². The third kappa shape index (κ3) is 3.23. The molecule has 0 radical (unpaired) electrons. The van der Waals surface area contributed by atoms with Crippen LogP contribution in [0, 0.1) is 0 Å². The lowest BCUT2D eigenvalue weighted by molar-refractivity contribution is 0.0137. The van der Waals surface area contributed by atoms with Crippen molar-refractivity contribution >= 4 is 27.5 Å². The van der Waals surface area contributed by atoms with Crippen LogP contribution < -0.4 is 11.1 Å².